The molecule has 0 amide bonds. The second-order valence-electron chi connectivity index (χ2n) is 4.50. The number of carboxylic acid groups (broad SMARTS) is 1. The van der Waals surface area contributed by atoms with E-state index in [1.807, 2.05) is 24.3 Å². The number of rotatable bonds is 6. The SMILES string of the molecule is CCN(CC)Cc1ccccc1-c1cc(C(=O)O)on1. The van der Waals surface area contributed by atoms with Crippen LogP contribution in [0.5, 0.6) is 0 Å². The Bertz CT molecular complexity index is 588. The molecule has 0 fully saturated rings. The van der Waals surface area contributed by atoms with Crippen LogP contribution in [0.15, 0.2) is 34.9 Å². The van der Waals surface area contributed by atoms with E-state index in [0.717, 1.165) is 30.8 Å². The Morgan fingerprint density at radius 2 is 2.00 bits per heavy atom. The smallest absolute Gasteiger partial charge is 0.374 e. The van der Waals surface area contributed by atoms with Gasteiger partial charge < -0.3 is 9.63 Å². The Balaban J connectivity index is 2.33. The first-order valence-corrected chi connectivity index (χ1v) is 6.66. The number of benzene rings is 1. The monoisotopic (exact) mass is 274 g/mol. The number of aromatic carboxylic acids is 1. The van der Waals surface area contributed by atoms with Crippen molar-refractivity contribution in [2.75, 3.05) is 13.1 Å². The number of aromatic nitrogens is 1. The maximum absolute atomic E-state index is 10.9. The molecule has 1 aromatic carbocycles. The highest BCUT2D eigenvalue weighted by atomic mass is 16.5. The summed E-state index contributed by atoms with van der Waals surface area (Å²) in [5.41, 5.74) is 2.59. The lowest BCUT2D eigenvalue weighted by Crippen LogP contribution is -2.22. The van der Waals surface area contributed by atoms with Crippen LogP contribution in [0.25, 0.3) is 11.3 Å². The lowest BCUT2D eigenvalue weighted by atomic mass is 10.0. The summed E-state index contributed by atoms with van der Waals surface area (Å²) in [6.45, 7) is 6.96. The minimum atomic E-state index is -1.11. The molecule has 1 aromatic heterocycles. The van der Waals surface area contributed by atoms with Crippen molar-refractivity contribution < 1.29 is 14.4 Å². The van der Waals surface area contributed by atoms with Crippen molar-refractivity contribution in [3.05, 3.63) is 41.7 Å². The highest BCUT2D eigenvalue weighted by molar-refractivity contribution is 5.85. The fourth-order valence-corrected chi connectivity index (χ4v) is 2.10. The molecule has 1 N–H and O–H groups in total. The van der Waals surface area contributed by atoms with Crippen LogP contribution in [-0.4, -0.2) is 34.2 Å². The highest BCUT2D eigenvalue weighted by Gasteiger charge is 2.15. The van der Waals surface area contributed by atoms with Gasteiger partial charge in [-0.15, -0.1) is 0 Å². The van der Waals surface area contributed by atoms with Gasteiger partial charge in [0.15, 0.2) is 0 Å². The Labute approximate surface area is 117 Å². The summed E-state index contributed by atoms with van der Waals surface area (Å²) >= 11 is 0. The first-order valence-electron chi connectivity index (χ1n) is 6.66. The molecule has 0 saturated heterocycles. The van der Waals surface area contributed by atoms with E-state index in [2.05, 4.69) is 23.9 Å². The summed E-state index contributed by atoms with van der Waals surface area (Å²) in [5, 5.41) is 12.7. The van der Waals surface area contributed by atoms with Gasteiger partial charge in [-0.1, -0.05) is 43.3 Å². The standard InChI is InChI=1S/C15H18N2O3/c1-3-17(4-2)10-11-7-5-6-8-12(11)13-9-14(15(18)19)20-16-13/h5-9H,3-4,10H2,1-2H3,(H,18,19). The number of hydrogen-bond acceptors (Lipinski definition) is 4. The van der Waals surface area contributed by atoms with Crippen LogP contribution in [-0.2, 0) is 6.54 Å². The zero-order valence-corrected chi connectivity index (χ0v) is 11.7. The van der Waals surface area contributed by atoms with Gasteiger partial charge in [-0.05, 0) is 18.7 Å². The Kier molecular flexibility index (Phi) is 4.53. The first kappa shape index (κ1) is 14.3. The van der Waals surface area contributed by atoms with E-state index in [-0.39, 0.29) is 5.76 Å². The lowest BCUT2D eigenvalue weighted by molar-refractivity contribution is 0.0652. The van der Waals surface area contributed by atoms with E-state index in [1.54, 1.807) is 0 Å². The zero-order chi connectivity index (χ0) is 14.5. The minimum absolute atomic E-state index is 0.141. The van der Waals surface area contributed by atoms with Crippen molar-refractivity contribution in [2.45, 2.75) is 20.4 Å². The van der Waals surface area contributed by atoms with Crippen LogP contribution >= 0.6 is 0 Å². The predicted octanol–water partition coefficient (Wildman–Crippen LogP) is 2.88. The predicted molar refractivity (Wildman–Crippen MR) is 75.5 cm³/mol. The molecule has 106 valence electrons. The third-order valence-electron chi connectivity index (χ3n) is 3.30. The molecule has 0 saturated carbocycles. The van der Waals surface area contributed by atoms with E-state index < -0.39 is 5.97 Å². The molecule has 2 rings (SSSR count). The van der Waals surface area contributed by atoms with Crippen molar-refractivity contribution in [1.82, 2.24) is 10.1 Å². The Morgan fingerprint density at radius 3 is 2.60 bits per heavy atom. The second-order valence-corrected chi connectivity index (χ2v) is 4.50. The molecule has 0 radical (unpaired) electrons. The van der Waals surface area contributed by atoms with E-state index in [0.29, 0.717) is 5.69 Å². The van der Waals surface area contributed by atoms with Crippen LogP contribution in [0.1, 0.15) is 30.0 Å². The zero-order valence-electron chi connectivity index (χ0n) is 11.7. The number of nitrogens with zero attached hydrogens (tertiary/aromatic N) is 2. The van der Waals surface area contributed by atoms with Crippen molar-refractivity contribution in [1.29, 1.82) is 0 Å². The van der Waals surface area contributed by atoms with Crippen molar-refractivity contribution in [3.8, 4) is 11.3 Å². The molecule has 1 heterocycles. The van der Waals surface area contributed by atoms with Gasteiger partial charge in [0, 0.05) is 18.2 Å². The number of hydrogen-bond donors (Lipinski definition) is 1. The number of carbonyl (C=O) groups is 1. The Hall–Kier alpha value is -2.14. The van der Waals surface area contributed by atoms with Gasteiger partial charge in [0.1, 0.15) is 5.69 Å². The maximum Gasteiger partial charge on any atom is 0.374 e. The van der Waals surface area contributed by atoms with Gasteiger partial charge in [-0.2, -0.15) is 0 Å². The largest absolute Gasteiger partial charge is 0.475 e. The number of carboxylic acids is 1. The van der Waals surface area contributed by atoms with Crippen LogP contribution in [0.4, 0.5) is 0 Å². The maximum atomic E-state index is 10.9. The molecule has 5 heteroatoms. The summed E-state index contributed by atoms with van der Waals surface area (Å²) in [5.74, 6) is -1.25. The lowest BCUT2D eigenvalue weighted by Gasteiger charge is -2.19. The topological polar surface area (TPSA) is 66.6 Å². The molecule has 0 spiro atoms. The van der Waals surface area contributed by atoms with Crippen LogP contribution in [0, 0.1) is 0 Å². The van der Waals surface area contributed by atoms with Gasteiger partial charge >= 0.3 is 5.97 Å². The van der Waals surface area contributed by atoms with Crippen molar-refractivity contribution in [2.24, 2.45) is 0 Å². The molecule has 0 bridgehead atoms. The minimum Gasteiger partial charge on any atom is -0.475 e. The molecule has 20 heavy (non-hydrogen) atoms. The molecule has 5 nitrogen and oxygen atoms in total. The summed E-state index contributed by atoms with van der Waals surface area (Å²) < 4.78 is 4.83. The molecule has 0 atom stereocenters. The summed E-state index contributed by atoms with van der Waals surface area (Å²) in [6.07, 6.45) is 0. The fraction of sp³-hybridized carbons (Fsp3) is 0.333. The molecule has 0 aliphatic carbocycles. The molecular weight excluding hydrogens is 256 g/mol. The van der Waals surface area contributed by atoms with Crippen LogP contribution in [0.3, 0.4) is 0 Å². The van der Waals surface area contributed by atoms with Gasteiger partial charge in [0.05, 0.1) is 0 Å². The van der Waals surface area contributed by atoms with E-state index in [9.17, 15) is 4.79 Å². The molecule has 0 aliphatic rings. The van der Waals surface area contributed by atoms with Gasteiger partial charge in [-0.3, -0.25) is 4.90 Å². The van der Waals surface area contributed by atoms with E-state index in [4.69, 9.17) is 9.63 Å². The summed E-state index contributed by atoms with van der Waals surface area (Å²) in [6, 6.07) is 9.31. The quantitative estimate of drug-likeness (QED) is 0.877. The third-order valence-corrected chi connectivity index (χ3v) is 3.30. The Morgan fingerprint density at radius 1 is 1.30 bits per heavy atom. The van der Waals surface area contributed by atoms with Gasteiger partial charge in [-0.25, -0.2) is 4.79 Å². The van der Waals surface area contributed by atoms with Gasteiger partial charge in [0.25, 0.3) is 0 Å². The summed E-state index contributed by atoms with van der Waals surface area (Å²) in [4.78, 5) is 13.1. The summed E-state index contributed by atoms with van der Waals surface area (Å²) in [7, 11) is 0. The van der Waals surface area contributed by atoms with Gasteiger partial charge in [0.2, 0.25) is 5.76 Å². The molecule has 2 aromatic rings. The third kappa shape index (κ3) is 3.05. The fourth-order valence-electron chi connectivity index (χ4n) is 2.10. The highest BCUT2D eigenvalue weighted by Crippen LogP contribution is 2.24. The molecular formula is C15H18N2O3. The average Bonchev–Trinajstić information content (AvgIpc) is 2.95. The van der Waals surface area contributed by atoms with E-state index >= 15 is 0 Å². The van der Waals surface area contributed by atoms with Crippen LogP contribution < -0.4 is 0 Å². The first-order chi connectivity index (χ1) is 9.65. The average molecular weight is 274 g/mol. The second kappa shape index (κ2) is 6.34. The van der Waals surface area contributed by atoms with Crippen molar-refractivity contribution >= 4 is 5.97 Å². The van der Waals surface area contributed by atoms with E-state index in [1.165, 1.54) is 6.07 Å². The van der Waals surface area contributed by atoms with Crippen LogP contribution in [0.2, 0.25) is 0 Å². The normalized spacial score (nSPS) is 10.9. The van der Waals surface area contributed by atoms with Crippen molar-refractivity contribution in [3.63, 3.8) is 0 Å². The molecule has 0 unspecified atom stereocenters. The molecule has 0 aliphatic heterocycles.